The van der Waals surface area contributed by atoms with Crippen molar-refractivity contribution < 1.29 is 28.6 Å². The van der Waals surface area contributed by atoms with Gasteiger partial charge in [-0.05, 0) is 12.0 Å². The molecule has 0 aromatic heterocycles. The van der Waals surface area contributed by atoms with E-state index in [1.165, 1.54) is 14.2 Å². The molecule has 1 aromatic rings. The maximum Gasteiger partial charge on any atom is 0.313 e. The Balaban J connectivity index is 2.05. The highest BCUT2D eigenvalue weighted by molar-refractivity contribution is 5.85. The number of fused-ring (bicyclic) bond motifs is 1. The molecule has 0 unspecified atom stereocenters. The van der Waals surface area contributed by atoms with Crippen LogP contribution in [0.5, 0.6) is 0 Å². The molecule has 7 nitrogen and oxygen atoms in total. The van der Waals surface area contributed by atoms with E-state index in [-0.39, 0.29) is 37.8 Å². The predicted molar refractivity (Wildman–Crippen MR) is 86.1 cm³/mol. The number of hydrogen-bond acceptors (Lipinski definition) is 6. The summed E-state index contributed by atoms with van der Waals surface area (Å²) in [7, 11) is 2.56. The highest BCUT2D eigenvalue weighted by Gasteiger charge is 2.61. The van der Waals surface area contributed by atoms with E-state index in [0.717, 1.165) is 5.56 Å². The van der Waals surface area contributed by atoms with Crippen molar-refractivity contribution in [3.05, 3.63) is 35.9 Å². The molecule has 0 aliphatic carbocycles. The van der Waals surface area contributed by atoms with Gasteiger partial charge in [-0.1, -0.05) is 30.3 Å². The van der Waals surface area contributed by atoms with Crippen LogP contribution >= 0.6 is 0 Å². The van der Waals surface area contributed by atoms with Crippen LogP contribution in [-0.4, -0.2) is 49.3 Å². The Kier molecular flexibility index (Phi) is 4.76. The van der Waals surface area contributed by atoms with Crippen LogP contribution in [0.1, 0.15) is 30.9 Å². The molecule has 7 heteroatoms. The smallest absolute Gasteiger partial charge is 0.313 e. The van der Waals surface area contributed by atoms with Crippen molar-refractivity contribution in [2.45, 2.75) is 31.0 Å². The van der Waals surface area contributed by atoms with Gasteiger partial charge in [0, 0.05) is 6.42 Å². The van der Waals surface area contributed by atoms with Gasteiger partial charge < -0.3 is 19.1 Å². The van der Waals surface area contributed by atoms with Crippen LogP contribution in [0.3, 0.4) is 0 Å². The third kappa shape index (κ3) is 2.89. The zero-order valence-corrected chi connectivity index (χ0v) is 14.3. The number of ether oxygens (including phenoxy) is 3. The SMILES string of the molecule is COC(=O)C[C@@]12OC[C@@H](c3ccccc3)N1C(=O)CC[C@H]2C(=O)OC. The molecule has 0 N–H and O–H groups in total. The lowest BCUT2D eigenvalue weighted by molar-refractivity contribution is -0.195. The molecule has 0 bridgehead atoms. The molecule has 134 valence electrons. The Morgan fingerprint density at radius 1 is 1.24 bits per heavy atom. The minimum Gasteiger partial charge on any atom is -0.469 e. The summed E-state index contributed by atoms with van der Waals surface area (Å²) in [6, 6.07) is 9.08. The van der Waals surface area contributed by atoms with Crippen molar-refractivity contribution >= 4 is 17.8 Å². The maximum absolute atomic E-state index is 12.7. The van der Waals surface area contributed by atoms with Crippen molar-refractivity contribution in [1.82, 2.24) is 4.90 Å². The number of piperidine rings is 1. The Hall–Kier alpha value is -2.41. The van der Waals surface area contributed by atoms with Gasteiger partial charge in [0.05, 0.1) is 33.3 Å². The molecule has 2 fully saturated rings. The number of benzene rings is 1. The maximum atomic E-state index is 12.7. The first-order valence-electron chi connectivity index (χ1n) is 8.19. The average molecular weight is 347 g/mol. The number of rotatable bonds is 4. The first kappa shape index (κ1) is 17.4. The number of methoxy groups -OCH3 is 2. The Morgan fingerprint density at radius 2 is 1.96 bits per heavy atom. The second-order valence-electron chi connectivity index (χ2n) is 6.21. The first-order chi connectivity index (χ1) is 12.0. The minimum atomic E-state index is -1.37. The predicted octanol–water partition coefficient (Wildman–Crippen LogP) is 1.43. The molecule has 0 radical (unpaired) electrons. The second-order valence-corrected chi connectivity index (χ2v) is 6.21. The van der Waals surface area contributed by atoms with Gasteiger partial charge >= 0.3 is 11.9 Å². The van der Waals surface area contributed by atoms with Crippen LogP contribution in [0, 0.1) is 5.92 Å². The zero-order chi connectivity index (χ0) is 18.0. The third-order valence-electron chi connectivity index (χ3n) is 4.97. The summed E-state index contributed by atoms with van der Waals surface area (Å²) in [4.78, 5) is 38.7. The molecule has 0 spiro atoms. The fourth-order valence-corrected chi connectivity index (χ4v) is 3.80. The third-order valence-corrected chi connectivity index (χ3v) is 4.97. The summed E-state index contributed by atoms with van der Waals surface area (Å²) in [6.45, 7) is 0.209. The van der Waals surface area contributed by atoms with Crippen molar-refractivity contribution in [2.75, 3.05) is 20.8 Å². The van der Waals surface area contributed by atoms with E-state index in [0.29, 0.717) is 0 Å². The fourth-order valence-electron chi connectivity index (χ4n) is 3.80. The van der Waals surface area contributed by atoms with Crippen molar-refractivity contribution in [1.29, 1.82) is 0 Å². The Bertz CT molecular complexity index is 675. The van der Waals surface area contributed by atoms with E-state index < -0.39 is 23.6 Å². The van der Waals surface area contributed by atoms with Crippen LogP contribution in [0.15, 0.2) is 30.3 Å². The number of carbonyl (C=O) groups excluding carboxylic acids is 3. The molecule has 2 saturated heterocycles. The Labute approximate surface area is 145 Å². The highest BCUT2D eigenvalue weighted by Crippen LogP contribution is 2.48. The average Bonchev–Trinajstić information content (AvgIpc) is 3.02. The molecular weight excluding hydrogens is 326 g/mol. The number of hydrogen-bond donors (Lipinski definition) is 0. The summed E-state index contributed by atoms with van der Waals surface area (Å²) in [5.41, 5.74) is -0.469. The van der Waals surface area contributed by atoms with Gasteiger partial charge in [-0.3, -0.25) is 14.4 Å². The molecule has 1 amide bonds. The van der Waals surface area contributed by atoms with E-state index in [1.54, 1.807) is 4.90 Å². The Morgan fingerprint density at radius 3 is 2.60 bits per heavy atom. The van der Waals surface area contributed by atoms with E-state index in [2.05, 4.69) is 0 Å². The lowest BCUT2D eigenvalue weighted by Gasteiger charge is -2.46. The van der Waals surface area contributed by atoms with E-state index in [4.69, 9.17) is 14.2 Å². The van der Waals surface area contributed by atoms with Gasteiger partial charge in [-0.2, -0.15) is 0 Å². The number of carbonyl (C=O) groups is 3. The van der Waals surface area contributed by atoms with Crippen molar-refractivity contribution in [2.24, 2.45) is 5.92 Å². The van der Waals surface area contributed by atoms with Crippen LogP contribution in [0.25, 0.3) is 0 Å². The summed E-state index contributed by atoms with van der Waals surface area (Å²) in [5.74, 6) is -1.91. The zero-order valence-electron chi connectivity index (χ0n) is 14.3. The van der Waals surface area contributed by atoms with E-state index in [1.807, 2.05) is 30.3 Å². The monoisotopic (exact) mass is 347 g/mol. The van der Waals surface area contributed by atoms with Crippen LogP contribution < -0.4 is 0 Å². The second kappa shape index (κ2) is 6.84. The summed E-state index contributed by atoms with van der Waals surface area (Å²) >= 11 is 0. The number of esters is 2. The molecule has 2 heterocycles. The van der Waals surface area contributed by atoms with Gasteiger partial charge in [0.25, 0.3) is 0 Å². The fraction of sp³-hybridized carbons (Fsp3) is 0.500. The summed E-state index contributed by atoms with van der Waals surface area (Å²) in [5, 5.41) is 0. The van der Waals surface area contributed by atoms with Gasteiger partial charge in [-0.25, -0.2) is 0 Å². The normalized spacial score (nSPS) is 28.4. The lowest BCUT2D eigenvalue weighted by atomic mass is 9.82. The first-order valence-corrected chi connectivity index (χ1v) is 8.19. The molecule has 1 aromatic carbocycles. The summed E-state index contributed by atoms with van der Waals surface area (Å²) < 4.78 is 15.7. The largest absolute Gasteiger partial charge is 0.469 e. The van der Waals surface area contributed by atoms with Crippen LogP contribution in [-0.2, 0) is 28.6 Å². The van der Waals surface area contributed by atoms with Gasteiger partial charge in [0.2, 0.25) is 5.91 Å². The van der Waals surface area contributed by atoms with Crippen molar-refractivity contribution in [3.63, 3.8) is 0 Å². The lowest BCUT2D eigenvalue weighted by Crippen LogP contribution is -2.60. The van der Waals surface area contributed by atoms with Crippen molar-refractivity contribution in [3.8, 4) is 0 Å². The van der Waals surface area contributed by atoms with Crippen LogP contribution in [0.4, 0.5) is 0 Å². The molecule has 25 heavy (non-hydrogen) atoms. The molecule has 3 atom stereocenters. The highest BCUT2D eigenvalue weighted by atomic mass is 16.6. The molecule has 2 aliphatic rings. The van der Waals surface area contributed by atoms with Gasteiger partial charge in [-0.15, -0.1) is 0 Å². The number of nitrogens with zero attached hydrogens (tertiary/aromatic N) is 1. The van der Waals surface area contributed by atoms with Gasteiger partial charge in [0.15, 0.2) is 5.72 Å². The number of amides is 1. The topological polar surface area (TPSA) is 82.1 Å². The van der Waals surface area contributed by atoms with E-state index >= 15 is 0 Å². The quantitative estimate of drug-likeness (QED) is 0.767. The minimum absolute atomic E-state index is 0.143. The molecule has 2 aliphatic heterocycles. The molecule has 3 rings (SSSR count). The molecular formula is C18H21NO6. The summed E-state index contributed by atoms with van der Waals surface area (Å²) in [6.07, 6.45) is 0.272. The van der Waals surface area contributed by atoms with Crippen LogP contribution in [0.2, 0.25) is 0 Å². The molecule has 0 saturated carbocycles. The van der Waals surface area contributed by atoms with E-state index in [9.17, 15) is 14.4 Å². The van der Waals surface area contributed by atoms with Gasteiger partial charge in [0.1, 0.15) is 5.92 Å². The standard InChI is InChI=1S/C18H21NO6/c1-23-16(21)10-18-13(17(22)24-2)8-9-15(20)19(18)14(11-25-18)12-6-4-3-5-7-12/h3-7,13-14H,8-11H2,1-2H3/t13-,14-,18-/m0/s1.